The van der Waals surface area contributed by atoms with Gasteiger partial charge in [0, 0.05) is 25.7 Å². The van der Waals surface area contributed by atoms with Gasteiger partial charge in [0.15, 0.2) is 0 Å². The average Bonchev–Trinajstić information content (AvgIpc) is 3.25. The Morgan fingerprint density at radius 1 is 1.12 bits per heavy atom. The fourth-order valence-corrected chi connectivity index (χ4v) is 4.32. The molecule has 0 aliphatic carbocycles. The summed E-state index contributed by atoms with van der Waals surface area (Å²) < 4.78 is 13.3. The molecule has 0 saturated carbocycles. The number of aromatic amines is 1. The normalized spacial score (nSPS) is 17.7. The number of hydrogen-bond acceptors (Lipinski definition) is 4. The van der Waals surface area contributed by atoms with Crippen LogP contribution in [0.1, 0.15) is 29.4 Å². The van der Waals surface area contributed by atoms with Crippen molar-refractivity contribution in [3.63, 3.8) is 0 Å². The van der Waals surface area contributed by atoms with Crippen molar-refractivity contribution < 1.29 is 14.0 Å². The third kappa shape index (κ3) is 4.84. The highest BCUT2D eigenvalue weighted by Gasteiger charge is 2.46. The number of likely N-dealkylation sites (tertiary alicyclic amines) is 1. The lowest BCUT2D eigenvalue weighted by molar-refractivity contribution is -0.130. The molecule has 33 heavy (non-hydrogen) atoms. The molecule has 1 aliphatic heterocycles. The van der Waals surface area contributed by atoms with Gasteiger partial charge in [0.25, 0.3) is 11.5 Å². The molecule has 8 heteroatoms. The number of H-pyrrole nitrogens is 1. The van der Waals surface area contributed by atoms with Crippen molar-refractivity contribution in [2.45, 2.75) is 19.8 Å². The van der Waals surface area contributed by atoms with Crippen LogP contribution >= 0.6 is 0 Å². The van der Waals surface area contributed by atoms with E-state index in [1.807, 2.05) is 31.2 Å². The highest BCUT2D eigenvalue weighted by Crippen LogP contribution is 2.36. The van der Waals surface area contributed by atoms with Crippen LogP contribution in [-0.4, -0.2) is 46.5 Å². The van der Waals surface area contributed by atoms with Gasteiger partial charge in [-0.25, -0.2) is 9.49 Å². The summed E-state index contributed by atoms with van der Waals surface area (Å²) in [4.78, 5) is 39.0. The van der Waals surface area contributed by atoms with Crippen LogP contribution < -0.4 is 10.9 Å². The Labute approximate surface area is 190 Å². The van der Waals surface area contributed by atoms with E-state index < -0.39 is 5.41 Å². The highest BCUT2D eigenvalue weighted by molar-refractivity contribution is 5.93. The molecule has 0 unspecified atom stereocenters. The van der Waals surface area contributed by atoms with Gasteiger partial charge < -0.3 is 10.2 Å². The summed E-state index contributed by atoms with van der Waals surface area (Å²) in [7, 11) is 0. The molecule has 4 rings (SSSR count). The topological polar surface area (TPSA) is 95.2 Å². The molecule has 2 amide bonds. The van der Waals surface area contributed by atoms with Crippen LogP contribution in [0.3, 0.4) is 0 Å². The van der Waals surface area contributed by atoms with E-state index in [-0.39, 0.29) is 35.4 Å². The van der Waals surface area contributed by atoms with Crippen LogP contribution in [0.5, 0.6) is 0 Å². The number of halogens is 1. The summed E-state index contributed by atoms with van der Waals surface area (Å²) >= 11 is 0. The second-order valence-corrected chi connectivity index (χ2v) is 8.31. The van der Waals surface area contributed by atoms with Gasteiger partial charge in [-0.1, -0.05) is 36.4 Å². The maximum Gasteiger partial charge on any atom is 0.274 e. The van der Waals surface area contributed by atoms with Gasteiger partial charge >= 0.3 is 0 Å². The summed E-state index contributed by atoms with van der Waals surface area (Å²) in [5, 5.41) is 9.03. The van der Waals surface area contributed by atoms with E-state index in [0.29, 0.717) is 25.9 Å². The first-order valence-corrected chi connectivity index (χ1v) is 10.9. The molecule has 1 atom stereocenters. The Bertz CT molecular complexity index is 1200. The average molecular weight is 448 g/mol. The molecule has 0 bridgehead atoms. The molecule has 1 saturated heterocycles. The quantitative estimate of drug-likeness (QED) is 0.606. The zero-order chi connectivity index (χ0) is 23.4. The van der Waals surface area contributed by atoms with Crippen molar-refractivity contribution in [3.8, 4) is 11.1 Å². The number of amides is 2. The van der Waals surface area contributed by atoms with Crippen LogP contribution in [0.25, 0.3) is 11.1 Å². The van der Waals surface area contributed by atoms with Crippen molar-refractivity contribution in [1.82, 2.24) is 20.4 Å². The predicted octanol–water partition coefficient (Wildman–Crippen LogP) is 2.79. The number of benzene rings is 2. The van der Waals surface area contributed by atoms with Crippen LogP contribution in [0.4, 0.5) is 4.39 Å². The van der Waals surface area contributed by atoms with Crippen molar-refractivity contribution in [1.29, 1.82) is 0 Å². The molecule has 3 aromatic rings. The minimum atomic E-state index is -0.782. The summed E-state index contributed by atoms with van der Waals surface area (Å²) in [5.41, 5.74) is 1.75. The zero-order valence-electron chi connectivity index (χ0n) is 18.3. The van der Waals surface area contributed by atoms with Crippen molar-refractivity contribution in [3.05, 3.63) is 88.1 Å². The van der Waals surface area contributed by atoms with E-state index in [0.717, 1.165) is 16.7 Å². The number of rotatable bonds is 6. The van der Waals surface area contributed by atoms with Crippen LogP contribution in [0, 0.1) is 11.2 Å². The van der Waals surface area contributed by atoms with E-state index in [2.05, 4.69) is 15.5 Å². The van der Waals surface area contributed by atoms with Gasteiger partial charge in [0.05, 0.1) is 5.41 Å². The SMILES string of the molecule is CCNC(=O)[C@@]1(Cc2cccc(-c3ccc(F)cc3)c2)CCN(C(=O)c2ccc(=O)[nH]n2)C1. The molecule has 1 fully saturated rings. The Morgan fingerprint density at radius 3 is 2.61 bits per heavy atom. The van der Waals surface area contributed by atoms with E-state index in [1.54, 1.807) is 17.0 Å². The number of aromatic nitrogens is 2. The summed E-state index contributed by atoms with van der Waals surface area (Å²) in [5.74, 6) is -0.711. The van der Waals surface area contributed by atoms with Crippen molar-refractivity contribution >= 4 is 11.8 Å². The minimum absolute atomic E-state index is 0.0955. The number of nitrogens with zero attached hydrogens (tertiary/aromatic N) is 2. The maximum atomic E-state index is 13.3. The second-order valence-electron chi connectivity index (χ2n) is 8.31. The van der Waals surface area contributed by atoms with E-state index >= 15 is 0 Å². The van der Waals surface area contributed by atoms with Gasteiger partial charge in [-0.3, -0.25) is 14.4 Å². The molecule has 7 nitrogen and oxygen atoms in total. The number of carbonyl (C=O) groups excluding carboxylic acids is 2. The molecular formula is C25H25FN4O3. The van der Waals surface area contributed by atoms with Crippen LogP contribution in [0.15, 0.2) is 65.5 Å². The first-order chi connectivity index (χ1) is 15.9. The summed E-state index contributed by atoms with van der Waals surface area (Å²) in [6.45, 7) is 3.02. The fourth-order valence-electron chi connectivity index (χ4n) is 4.32. The van der Waals surface area contributed by atoms with Gasteiger partial charge in [-0.15, -0.1) is 0 Å². The summed E-state index contributed by atoms with van der Waals surface area (Å²) in [6, 6.07) is 16.8. The molecule has 0 radical (unpaired) electrons. The van der Waals surface area contributed by atoms with Gasteiger partial charge in [-0.2, -0.15) is 5.10 Å². The number of carbonyl (C=O) groups is 2. The van der Waals surface area contributed by atoms with Gasteiger partial charge in [-0.05, 0) is 54.7 Å². The predicted molar refractivity (Wildman–Crippen MR) is 122 cm³/mol. The Balaban J connectivity index is 1.59. The smallest absolute Gasteiger partial charge is 0.274 e. The summed E-state index contributed by atoms with van der Waals surface area (Å²) in [6.07, 6.45) is 0.964. The molecule has 0 spiro atoms. The third-order valence-electron chi connectivity index (χ3n) is 6.01. The molecule has 170 valence electrons. The van der Waals surface area contributed by atoms with E-state index in [4.69, 9.17) is 0 Å². The zero-order valence-corrected chi connectivity index (χ0v) is 18.3. The second kappa shape index (κ2) is 9.36. The Kier molecular flexibility index (Phi) is 6.35. The van der Waals surface area contributed by atoms with Crippen molar-refractivity contribution in [2.24, 2.45) is 5.41 Å². The van der Waals surface area contributed by atoms with Gasteiger partial charge in [0.2, 0.25) is 5.91 Å². The van der Waals surface area contributed by atoms with E-state index in [1.165, 1.54) is 24.3 Å². The van der Waals surface area contributed by atoms with Crippen LogP contribution in [0.2, 0.25) is 0 Å². The van der Waals surface area contributed by atoms with Gasteiger partial charge in [0.1, 0.15) is 11.5 Å². The van der Waals surface area contributed by atoms with Crippen molar-refractivity contribution in [2.75, 3.05) is 19.6 Å². The number of nitrogens with one attached hydrogen (secondary N) is 2. The highest BCUT2D eigenvalue weighted by atomic mass is 19.1. The minimum Gasteiger partial charge on any atom is -0.356 e. The first-order valence-electron chi connectivity index (χ1n) is 10.9. The fraction of sp³-hybridized carbons (Fsp3) is 0.280. The molecule has 2 N–H and O–H groups in total. The first kappa shape index (κ1) is 22.4. The Hall–Kier alpha value is -3.81. The monoisotopic (exact) mass is 448 g/mol. The molecule has 2 heterocycles. The molecule has 1 aliphatic rings. The number of hydrogen-bond donors (Lipinski definition) is 2. The third-order valence-corrected chi connectivity index (χ3v) is 6.01. The molecule has 1 aromatic heterocycles. The van der Waals surface area contributed by atoms with Crippen LogP contribution in [-0.2, 0) is 11.2 Å². The Morgan fingerprint density at radius 2 is 1.91 bits per heavy atom. The lowest BCUT2D eigenvalue weighted by Gasteiger charge is -2.28. The maximum absolute atomic E-state index is 13.3. The molecular weight excluding hydrogens is 423 g/mol. The molecule has 2 aromatic carbocycles. The van der Waals surface area contributed by atoms with E-state index in [9.17, 15) is 18.8 Å². The largest absolute Gasteiger partial charge is 0.356 e. The lowest BCUT2D eigenvalue weighted by Crippen LogP contribution is -2.45. The lowest BCUT2D eigenvalue weighted by atomic mass is 9.79. The standard InChI is InChI=1S/C25H25FN4O3/c1-2-27-24(33)25(12-13-30(16-25)23(32)21-10-11-22(31)29-28-21)15-17-4-3-5-19(14-17)18-6-8-20(26)9-7-18/h3-11,14H,2,12-13,15-16H2,1H3,(H,27,33)(H,29,31)/t25-/m1/s1.